The summed E-state index contributed by atoms with van der Waals surface area (Å²) in [6.45, 7) is 7.82. The van der Waals surface area contributed by atoms with Crippen LogP contribution in [0.2, 0.25) is 0 Å². The predicted octanol–water partition coefficient (Wildman–Crippen LogP) is 2.50. The first-order valence-corrected chi connectivity index (χ1v) is 6.43. The molecule has 1 aliphatic rings. The normalized spacial score (nSPS) is 21.8. The summed E-state index contributed by atoms with van der Waals surface area (Å²) in [6, 6.07) is -0.00838. The number of hydrogen-bond acceptors (Lipinski definition) is 3. The fraction of sp³-hybridized carbons (Fsp3) is 0.846. The maximum absolute atomic E-state index is 12.0. The van der Waals surface area contributed by atoms with Crippen LogP contribution in [0.3, 0.4) is 0 Å². The number of ether oxygens (including phenoxy) is 1. The van der Waals surface area contributed by atoms with E-state index in [0.29, 0.717) is 13.0 Å². The van der Waals surface area contributed by atoms with Crippen LogP contribution in [0.4, 0.5) is 4.79 Å². The zero-order valence-corrected chi connectivity index (χ0v) is 11.6. The lowest BCUT2D eigenvalue weighted by molar-refractivity contribution is -0.141. The molecule has 1 amide bonds. The third kappa shape index (κ3) is 4.20. The molecule has 0 aromatic rings. The van der Waals surface area contributed by atoms with Gasteiger partial charge in [-0.25, -0.2) is 4.79 Å². The number of carboxylic acids is 1. The zero-order valence-electron chi connectivity index (χ0n) is 11.6. The van der Waals surface area contributed by atoms with Crippen LogP contribution in [0.5, 0.6) is 0 Å². The summed E-state index contributed by atoms with van der Waals surface area (Å²) in [6.07, 6.45) is 1.93. The third-order valence-electron chi connectivity index (χ3n) is 3.05. The Morgan fingerprint density at radius 2 is 2.06 bits per heavy atom. The van der Waals surface area contributed by atoms with Crippen molar-refractivity contribution in [3.8, 4) is 0 Å². The minimum absolute atomic E-state index is 0.00838. The average Bonchev–Trinajstić information content (AvgIpc) is 2.62. The molecule has 5 heteroatoms. The van der Waals surface area contributed by atoms with Gasteiger partial charge in [-0.3, -0.25) is 4.79 Å². The molecule has 1 heterocycles. The SMILES string of the molecule is CC(CC1CCCN1C(=O)OC(C)(C)C)C(=O)O. The highest BCUT2D eigenvalue weighted by molar-refractivity contribution is 5.71. The summed E-state index contributed by atoms with van der Waals surface area (Å²) >= 11 is 0. The Kier molecular flexibility index (Phi) is 4.59. The molecule has 0 bridgehead atoms. The summed E-state index contributed by atoms with van der Waals surface area (Å²) in [5.41, 5.74) is -0.511. The maximum atomic E-state index is 12.0. The number of carboxylic acid groups (broad SMARTS) is 1. The summed E-state index contributed by atoms with van der Waals surface area (Å²) in [7, 11) is 0. The molecule has 0 aromatic heterocycles. The first kappa shape index (κ1) is 14.8. The molecule has 0 saturated carbocycles. The molecule has 1 fully saturated rings. The van der Waals surface area contributed by atoms with E-state index in [1.807, 2.05) is 20.8 Å². The number of nitrogens with zero attached hydrogens (tertiary/aromatic N) is 1. The van der Waals surface area contributed by atoms with Crippen molar-refractivity contribution >= 4 is 12.1 Å². The minimum Gasteiger partial charge on any atom is -0.481 e. The van der Waals surface area contributed by atoms with E-state index in [2.05, 4.69) is 0 Å². The number of amides is 1. The highest BCUT2D eigenvalue weighted by Crippen LogP contribution is 2.25. The Labute approximate surface area is 108 Å². The van der Waals surface area contributed by atoms with Gasteiger partial charge in [0.15, 0.2) is 0 Å². The van der Waals surface area contributed by atoms with Gasteiger partial charge in [-0.15, -0.1) is 0 Å². The highest BCUT2D eigenvalue weighted by atomic mass is 16.6. The van der Waals surface area contributed by atoms with Crippen LogP contribution in [-0.2, 0) is 9.53 Å². The van der Waals surface area contributed by atoms with E-state index in [0.717, 1.165) is 12.8 Å². The molecule has 0 aromatic carbocycles. The number of carbonyl (C=O) groups excluding carboxylic acids is 1. The first-order chi connectivity index (χ1) is 8.20. The van der Waals surface area contributed by atoms with Gasteiger partial charge in [-0.2, -0.15) is 0 Å². The Balaban J connectivity index is 2.59. The standard InChI is InChI=1S/C13H23NO4/c1-9(11(15)16)8-10-6-5-7-14(10)12(17)18-13(2,3)4/h9-10H,5-8H2,1-4H3,(H,15,16). The van der Waals surface area contributed by atoms with Gasteiger partial charge in [0.1, 0.15) is 5.60 Å². The molecule has 5 nitrogen and oxygen atoms in total. The Bertz CT molecular complexity index is 321. The molecule has 1 aliphatic heterocycles. The molecule has 18 heavy (non-hydrogen) atoms. The summed E-state index contributed by atoms with van der Waals surface area (Å²) < 4.78 is 5.33. The van der Waals surface area contributed by atoms with Gasteiger partial charge in [0, 0.05) is 12.6 Å². The first-order valence-electron chi connectivity index (χ1n) is 6.43. The van der Waals surface area contributed by atoms with Crippen LogP contribution >= 0.6 is 0 Å². The van der Waals surface area contributed by atoms with Gasteiger partial charge in [-0.05, 0) is 40.0 Å². The van der Waals surface area contributed by atoms with Crippen molar-refractivity contribution in [3.63, 3.8) is 0 Å². The van der Waals surface area contributed by atoms with E-state index in [1.165, 1.54) is 0 Å². The topological polar surface area (TPSA) is 66.8 Å². The van der Waals surface area contributed by atoms with Crippen molar-refractivity contribution < 1.29 is 19.4 Å². The fourth-order valence-electron chi connectivity index (χ4n) is 2.15. The van der Waals surface area contributed by atoms with Gasteiger partial charge >= 0.3 is 12.1 Å². The monoisotopic (exact) mass is 257 g/mol. The lowest BCUT2D eigenvalue weighted by Gasteiger charge is -2.29. The van der Waals surface area contributed by atoms with Crippen molar-refractivity contribution in [2.45, 2.75) is 58.6 Å². The molecule has 2 unspecified atom stereocenters. The van der Waals surface area contributed by atoms with Gasteiger partial charge < -0.3 is 14.7 Å². The third-order valence-corrected chi connectivity index (χ3v) is 3.05. The largest absolute Gasteiger partial charge is 0.481 e. The Morgan fingerprint density at radius 3 is 2.56 bits per heavy atom. The fourth-order valence-corrected chi connectivity index (χ4v) is 2.15. The number of carbonyl (C=O) groups is 2. The van der Waals surface area contributed by atoms with E-state index in [9.17, 15) is 9.59 Å². The van der Waals surface area contributed by atoms with Crippen LogP contribution in [0, 0.1) is 5.92 Å². The zero-order chi connectivity index (χ0) is 13.9. The van der Waals surface area contributed by atoms with Crippen LogP contribution in [0.15, 0.2) is 0 Å². The van der Waals surface area contributed by atoms with Gasteiger partial charge in [-0.1, -0.05) is 6.92 Å². The average molecular weight is 257 g/mol. The van der Waals surface area contributed by atoms with Crippen molar-refractivity contribution in [3.05, 3.63) is 0 Å². The number of hydrogen-bond donors (Lipinski definition) is 1. The quantitative estimate of drug-likeness (QED) is 0.843. The predicted molar refractivity (Wildman–Crippen MR) is 67.4 cm³/mol. The van der Waals surface area contributed by atoms with Crippen molar-refractivity contribution in [1.29, 1.82) is 0 Å². The van der Waals surface area contributed by atoms with E-state index in [1.54, 1.807) is 11.8 Å². The molecule has 1 saturated heterocycles. The second kappa shape index (κ2) is 5.59. The lowest BCUT2D eigenvalue weighted by Crippen LogP contribution is -2.40. The second-order valence-corrected chi connectivity index (χ2v) is 5.94. The van der Waals surface area contributed by atoms with Gasteiger partial charge in [0.25, 0.3) is 0 Å². The molecular formula is C13H23NO4. The molecular weight excluding hydrogens is 234 g/mol. The maximum Gasteiger partial charge on any atom is 0.410 e. The van der Waals surface area contributed by atoms with Crippen molar-refractivity contribution in [2.24, 2.45) is 5.92 Å². The number of rotatable bonds is 3. The smallest absolute Gasteiger partial charge is 0.410 e. The molecule has 104 valence electrons. The minimum atomic E-state index is -0.814. The van der Waals surface area contributed by atoms with Crippen molar-refractivity contribution in [2.75, 3.05) is 6.54 Å². The van der Waals surface area contributed by atoms with Crippen LogP contribution in [0.25, 0.3) is 0 Å². The van der Waals surface area contributed by atoms with E-state index in [4.69, 9.17) is 9.84 Å². The van der Waals surface area contributed by atoms with Crippen LogP contribution < -0.4 is 0 Å². The lowest BCUT2D eigenvalue weighted by atomic mass is 10.0. The molecule has 0 spiro atoms. The van der Waals surface area contributed by atoms with Gasteiger partial charge in [0.05, 0.1) is 5.92 Å². The molecule has 1 rings (SSSR count). The van der Waals surface area contributed by atoms with Crippen LogP contribution in [-0.4, -0.2) is 40.3 Å². The van der Waals surface area contributed by atoms with Crippen LogP contribution in [0.1, 0.15) is 47.0 Å². The van der Waals surface area contributed by atoms with Crippen molar-refractivity contribution in [1.82, 2.24) is 4.90 Å². The van der Waals surface area contributed by atoms with Gasteiger partial charge in [0.2, 0.25) is 0 Å². The van der Waals surface area contributed by atoms with E-state index in [-0.39, 0.29) is 12.1 Å². The molecule has 0 aliphatic carbocycles. The molecule has 2 atom stereocenters. The highest BCUT2D eigenvalue weighted by Gasteiger charge is 2.33. The number of likely N-dealkylation sites (tertiary alicyclic amines) is 1. The summed E-state index contributed by atoms with van der Waals surface area (Å²) in [5, 5.41) is 8.92. The Hall–Kier alpha value is -1.26. The summed E-state index contributed by atoms with van der Waals surface area (Å²) in [5.74, 6) is -1.25. The summed E-state index contributed by atoms with van der Waals surface area (Å²) in [4.78, 5) is 24.5. The van der Waals surface area contributed by atoms with E-state index >= 15 is 0 Å². The van der Waals surface area contributed by atoms with E-state index < -0.39 is 17.5 Å². The number of aliphatic carboxylic acids is 1. The Morgan fingerprint density at radius 1 is 1.44 bits per heavy atom. The molecule has 0 radical (unpaired) electrons. The molecule has 1 N–H and O–H groups in total. The second-order valence-electron chi connectivity index (χ2n) is 5.94.